The van der Waals surface area contributed by atoms with Gasteiger partial charge < -0.3 is 0 Å². The van der Waals surface area contributed by atoms with E-state index in [1.807, 2.05) is 20.8 Å². The van der Waals surface area contributed by atoms with E-state index in [0.717, 1.165) is 18.2 Å². The van der Waals surface area contributed by atoms with E-state index >= 15 is 0 Å². The van der Waals surface area contributed by atoms with Crippen LogP contribution in [0, 0.1) is 17.0 Å². The van der Waals surface area contributed by atoms with Crippen molar-refractivity contribution >= 4 is 6.21 Å². The first kappa shape index (κ1) is 18.4. The predicted octanol–water partition coefficient (Wildman–Crippen LogP) is 5.15. The first-order valence-electron chi connectivity index (χ1n) is 7.92. The number of nitrogens with zero attached hydrogens (tertiary/aromatic N) is 3. The first-order chi connectivity index (χ1) is 12.0. The number of aliphatic imine (C=N–C) groups is 1. The van der Waals surface area contributed by atoms with Gasteiger partial charge >= 0.3 is 6.18 Å². The van der Waals surface area contributed by atoms with Gasteiger partial charge in [0, 0.05) is 23.3 Å². The van der Waals surface area contributed by atoms with Gasteiger partial charge in [-0.2, -0.15) is 13.2 Å². The van der Waals surface area contributed by atoms with Crippen molar-refractivity contribution in [3.8, 4) is 11.4 Å². The zero-order valence-corrected chi connectivity index (χ0v) is 14.3. The number of hydrogen-bond donors (Lipinski definition) is 0. The highest BCUT2D eigenvalue weighted by atomic mass is 19.4. The van der Waals surface area contributed by atoms with Gasteiger partial charge in [0.2, 0.25) is 0 Å². The van der Waals surface area contributed by atoms with Gasteiger partial charge in [0.05, 0.1) is 12.2 Å². The highest BCUT2D eigenvalue weighted by molar-refractivity contribution is 5.73. The van der Waals surface area contributed by atoms with Gasteiger partial charge in [-0.1, -0.05) is 20.8 Å². The molecule has 0 aliphatic carbocycles. The average molecular weight is 369 g/mol. The zero-order valence-electron chi connectivity index (χ0n) is 14.3. The van der Waals surface area contributed by atoms with Crippen LogP contribution in [0.2, 0.25) is 0 Å². The molecule has 8 heteroatoms. The van der Waals surface area contributed by atoms with Crippen LogP contribution < -0.4 is 0 Å². The van der Waals surface area contributed by atoms with Gasteiger partial charge in [0.1, 0.15) is 0 Å². The molecule has 138 valence electrons. The van der Waals surface area contributed by atoms with E-state index in [1.165, 1.54) is 6.21 Å². The molecule has 1 aromatic carbocycles. The van der Waals surface area contributed by atoms with Crippen molar-refractivity contribution in [2.75, 3.05) is 0 Å². The maximum Gasteiger partial charge on any atom is 0.433 e. The Bertz CT molecular complexity index is 882. The molecule has 0 amide bonds. The van der Waals surface area contributed by atoms with E-state index < -0.39 is 34.8 Å². The Kier molecular flexibility index (Phi) is 4.32. The third-order valence-electron chi connectivity index (χ3n) is 4.21. The summed E-state index contributed by atoms with van der Waals surface area (Å²) in [4.78, 5) is 12.0. The number of rotatable bonds is 1. The Morgan fingerprint density at radius 2 is 1.69 bits per heavy atom. The molecule has 3 rings (SSSR count). The maximum atomic E-state index is 13.7. The molecular weight excluding hydrogens is 353 g/mol. The van der Waals surface area contributed by atoms with Crippen molar-refractivity contribution in [3.05, 3.63) is 46.8 Å². The van der Waals surface area contributed by atoms with E-state index in [9.17, 15) is 22.0 Å². The summed E-state index contributed by atoms with van der Waals surface area (Å²) >= 11 is 0. The van der Waals surface area contributed by atoms with Crippen molar-refractivity contribution in [2.45, 2.75) is 39.4 Å². The van der Waals surface area contributed by atoms with Gasteiger partial charge in [-0.25, -0.2) is 18.7 Å². The van der Waals surface area contributed by atoms with E-state index in [1.54, 1.807) is 0 Å². The van der Waals surface area contributed by atoms with Gasteiger partial charge in [0.15, 0.2) is 23.2 Å². The molecule has 2 heterocycles. The molecule has 0 fully saturated rings. The van der Waals surface area contributed by atoms with Crippen LogP contribution in [0.1, 0.15) is 43.6 Å². The molecule has 1 unspecified atom stereocenters. The third-order valence-corrected chi connectivity index (χ3v) is 4.21. The fraction of sp³-hybridized carbons (Fsp3) is 0.389. The van der Waals surface area contributed by atoms with Gasteiger partial charge in [-0.05, 0) is 23.6 Å². The van der Waals surface area contributed by atoms with Gasteiger partial charge in [0.25, 0.3) is 0 Å². The van der Waals surface area contributed by atoms with Crippen molar-refractivity contribution < 1.29 is 22.0 Å². The van der Waals surface area contributed by atoms with Crippen LogP contribution in [-0.2, 0) is 12.7 Å². The number of benzene rings is 1. The normalized spacial score (nSPS) is 17.3. The molecule has 0 saturated carbocycles. The number of halogens is 5. The molecule has 1 atom stereocenters. The maximum absolute atomic E-state index is 13.7. The molecule has 1 aliphatic rings. The summed E-state index contributed by atoms with van der Waals surface area (Å²) in [5, 5.41) is 0. The van der Waals surface area contributed by atoms with Gasteiger partial charge in [-0.15, -0.1) is 0 Å². The Morgan fingerprint density at radius 1 is 1.00 bits per heavy atom. The van der Waals surface area contributed by atoms with Crippen LogP contribution in [-0.4, -0.2) is 16.2 Å². The zero-order chi connectivity index (χ0) is 19.3. The molecule has 1 aromatic heterocycles. The van der Waals surface area contributed by atoms with Crippen molar-refractivity contribution in [1.82, 2.24) is 9.97 Å². The van der Waals surface area contributed by atoms with E-state index in [0.29, 0.717) is 0 Å². The fourth-order valence-electron chi connectivity index (χ4n) is 2.92. The van der Waals surface area contributed by atoms with Crippen LogP contribution in [0.4, 0.5) is 22.0 Å². The summed E-state index contributed by atoms with van der Waals surface area (Å²) in [6.07, 6.45) is -3.22. The second kappa shape index (κ2) is 6.10. The topological polar surface area (TPSA) is 38.1 Å². The van der Waals surface area contributed by atoms with E-state index in [-0.39, 0.29) is 29.2 Å². The average Bonchev–Trinajstić information content (AvgIpc) is 2.54. The molecule has 3 nitrogen and oxygen atoms in total. The number of hydrogen-bond acceptors (Lipinski definition) is 3. The van der Waals surface area contributed by atoms with E-state index in [2.05, 4.69) is 15.0 Å². The largest absolute Gasteiger partial charge is 0.433 e. The molecule has 0 spiro atoms. The SMILES string of the molecule is CC(C)(C)C1C=NCc2nc(-c3ccc(F)c(F)c3)nc(C(F)(F)F)c21. The standard InChI is InChI=1S/C18H16F5N3/c1-17(2,3)10-7-24-8-13-14(10)15(18(21,22)23)26-16(25-13)9-4-5-11(19)12(20)6-9/h4-7,10H,8H2,1-3H3. The van der Waals surface area contributed by atoms with Crippen LogP contribution in [0.3, 0.4) is 0 Å². The summed E-state index contributed by atoms with van der Waals surface area (Å²) < 4.78 is 67.7. The number of alkyl halides is 3. The molecule has 0 bridgehead atoms. The second-order valence-electron chi connectivity index (χ2n) is 7.22. The minimum atomic E-state index is -4.71. The molecule has 0 N–H and O–H groups in total. The van der Waals surface area contributed by atoms with Crippen molar-refractivity contribution in [3.63, 3.8) is 0 Å². The molecule has 2 aromatic rings. The minimum absolute atomic E-state index is 0.00802. The molecule has 0 saturated heterocycles. The lowest BCUT2D eigenvalue weighted by atomic mass is 9.75. The van der Waals surface area contributed by atoms with Crippen LogP contribution in [0.25, 0.3) is 11.4 Å². The van der Waals surface area contributed by atoms with Gasteiger partial charge in [-0.3, -0.25) is 4.99 Å². The summed E-state index contributed by atoms with van der Waals surface area (Å²) in [6, 6.07) is 2.76. The fourth-order valence-corrected chi connectivity index (χ4v) is 2.92. The molecule has 26 heavy (non-hydrogen) atoms. The first-order valence-corrected chi connectivity index (χ1v) is 7.92. The smallest absolute Gasteiger partial charge is 0.290 e. The summed E-state index contributed by atoms with van der Waals surface area (Å²) in [7, 11) is 0. The second-order valence-corrected chi connectivity index (χ2v) is 7.22. The highest BCUT2D eigenvalue weighted by Gasteiger charge is 2.42. The Balaban J connectivity index is 2.25. The molecule has 1 aliphatic heterocycles. The molecular formula is C18H16F5N3. The van der Waals surface area contributed by atoms with E-state index in [4.69, 9.17) is 0 Å². The monoisotopic (exact) mass is 369 g/mol. The summed E-state index contributed by atoms with van der Waals surface area (Å²) in [5.41, 5.74) is -1.47. The quantitative estimate of drug-likeness (QED) is 0.652. The lowest BCUT2D eigenvalue weighted by Crippen LogP contribution is -2.29. The number of fused-ring (bicyclic) bond motifs is 1. The van der Waals surface area contributed by atoms with Crippen molar-refractivity contribution in [1.29, 1.82) is 0 Å². The predicted molar refractivity (Wildman–Crippen MR) is 86.8 cm³/mol. The summed E-state index contributed by atoms with van der Waals surface area (Å²) in [5.74, 6) is -3.19. The van der Waals surface area contributed by atoms with Crippen LogP contribution in [0.5, 0.6) is 0 Å². The highest BCUT2D eigenvalue weighted by Crippen LogP contribution is 2.43. The lowest BCUT2D eigenvalue weighted by Gasteiger charge is -2.33. The van der Waals surface area contributed by atoms with Crippen LogP contribution >= 0.6 is 0 Å². The minimum Gasteiger partial charge on any atom is -0.290 e. The lowest BCUT2D eigenvalue weighted by molar-refractivity contribution is -0.142. The third kappa shape index (κ3) is 3.32. The molecule has 0 radical (unpaired) electrons. The number of aromatic nitrogens is 2. The Hall–Kier alpha value is -2.38. The Labute approximate surface area is 147 Å². The van der Waals surface area contributed by atoms with Crippen LogP contribution in [0.15, 0.2) is 23.2 Å². The summed E-state index contributed by atoms with van der Waals surface area (Å²) in [6.45, 7) is 5.40. The Morgan fingerprint density at radius 3 is 2.27 bits per heavy atom. The van der Waals surface area contributed by atoms with Crippen molar-refractivity contribution in [2.24, 2.45) is 10.4 Å².